The highest BCUT2D eigenvalue weighted by Crippen LogP contribution is 2.23. The Morgan fingerprint density at radius 3 is 2.31 bits per heavy atom. The maximum absolute atomic E-state index is 6.25. The van der Waals surface area contributed by atoms with Crippen molar-refractivity contribution in [3.05, 3.63) is 71.2 Å². The molecule has 0 aliphatic carbocycles. The van der Waals surface area contributed by atoms with Gasteiger partial charge in [0.25, 0.3) is 0 Å². The standard InChI is InChI=1S/C21H23ClN4/c1-21(2,3)26-20-24-18(15-9-5-4-6-10-15)13-19(25-20)23-14-16-11-7-8-12-17(16)22/h4-13H,14H2,1-3H3,(H2,23,24,25,26). The number of aromatic nitrogens is 2. The molecule has 134 valence electrons. The summed E-state index contributed by atoms with van der Waals surface area (Å²) in [5.41, 5.74) is 2.82. The fourth-order valence-corrected chi connectivity index (χ4v) is 2.72. The van der Waals surface area contributed by atoms with Crippen LogP contribution in [0.5, 0.6) is 0 Å². The quantitative estimate of drug-likeness (QED) is 0.615. The number of nitrogens with zero attached hydrogens (tertiary/aromatic N) is 2. The van der Waals surface area contributed by atoms with E-state index in [4.69, 9.17) is 11.6 Å². The fourth-order valence-electron chi connectivity index (χ4n) is 2.51. The molecule has 0 aliphatic heterocycles. The summed E-state index contributed by atoms with van der Waals surface area (Å²) in [7, 11) is 0. The highest BCUT2D eigenvalue weighted by atomic mass is 35.5. The molecule has 1 aromatic heterocycles. The third kappa shape index (κ3) is 4.96. The molecule has 0 fully saturated rings. The number of hydrogen-bond acceptors (Lipinski definition) is 4. The lowest BCUT2D eigenvalue weighted by atomic mass is 10.1. The summed E-state index contributed by atoms with van der Waals surface area (Å²) in [5.74, 6) is 1.35. The highest BCUT2D eigenvalue weighted by molar-refractivity contribution is 6.31. The summed E-state index contributed by atoms with van der Waals surface area (Å²) in [6.45, 7) is 6.85. The number of hydrogen-bond donors (Lipinski definition) is 2. The number of benzene rings is 2. The lowest BCUT2D eigenvalue weighted by Gasteiger charge is -2.21. The van der Waals surface area contributed by atoms with Gasteiger partial charge in [0.15, 0.2) is 0 Å². The molecule has 0 atom stereocenters. The Kier molecular flexibility index (Phi) is 5.43. The average molecular weight is 367 g/mol. The predicted molar refractivity (Wildman–Crippen MR) is 110 cm³/mol. The van der Waals surface area contributed by atoms with Gasteiger partial charge >= 0.3 is 0 Å². The van der Waals surface area contributed by atoms with Gasteiger partial charge in [-0.05, 0) is 32.4 Å². The maximum Gasteiger partial charge on any atom is 0.225 e. The minimum absolute atomic E-state index is 0.130. The van der Waals surface area contributed by atoms with Crippen molar-refractivity contribution < 1.29 is 0 Å². The molecule has 0 amide bonds. The van der Waals surface area contributed by atoms with Crippen LogP contribution in [0.3, 0.4) is 0 Å². The summed E-state index contributed by atoms with van der Waals surface area (Å²) in [6.07, 6.45) is 0. The minimum Gasteiger partial charge on any atom is -0.366 e. The monoisotopic (exact) mass is 366 g/mol. The lowest BCUT2D eigenvalue weighted by Crippen LogP contribution is -2.27. The lowest BCUT2D eigenvalue weighted by molar-refractivity contribution is 0.626. The molecule has 2 N–H and O–H groups in total. The Hall–Kier alpha value is -2.59. The van der Waals surface area contributed by atoms with Gasteiger partial charge in [-0.1, -0.05) is 60.1 Å². The molecule has 5 heteroatoms. The van der Waals surface area contributed by atoms with Gasteiger partial charge in [0.05, 0.1) is 5.69 Å². The second kappa shape index (κ2) is 7.75. The van der Waals surface area contributed by atoms with E-state index in [0.29, 0.717) is 12.5 Å². The van der Waals surface area contributed by atoms with E-state index in [1.54, 1.807) is 0 Å². The van der Waals surface area contributed by atoms with Crippen LogP contribution in [0, 0.1) is 0 Å². The van der Waals surface area contributed by atoms with Crippen LogP contribution in [0.2, 0.25) is 5.02 Å². The summed E-state index contributed by atoms with van der Waals surface area (Å²) in [5, 5.41) is 7.46. The number of anilines is 2. The summed E-state index contributed by atoms with van der Waals surface area (Å²) in [4.78, 5) is 9.29. The smallest absolute Gasteiger partial charge is 0.225 e. The predicted octanol–water partition coefficient (Wildman–Crippen LogP) is 5.62. The number of rotatable bonds is 5. The van der Waals surface area contributed by atoms with Crippen molar-refractivity contribution >= 4 is 23.4 Å². The molecule has 0 bridgehead atoms. The van der Waals surface area contributed by atoms with Crippen molar-refractivity contribution in [3.63, 3.8) is 0 Å². The molecule has 3 aromatic rings. The van der Waals surface area contributed by atoms with Gasteiger partial charge in [-0.3, -0.25) is 0 Å². The van der Waals surface area contributed by atoms with Crippen molar-refractivity contribution in [1.29, 1.82) is 0 Å². The largest absolute Gasteiger partial charge is 0.366 e. The third-order valence-corrected chi connectivity index (χ3v) is 4.07. The molecule has 0 aliphatic rings. The van der Waals surface area contributed by atoms with E-state index in [9.17, 15) is 0 Å². The van der Waals surface area contributed by atoms with Gasteiger partial charge in [0, 0.05) is 28.7 Å². The third-order valence-electron chi connectivity index (χ3n) is 3.70. The van der Waals surface area contributed by atoms with Crippen LogP contribution in [0.4, 0.5) is 11.8 Å². The Morgan fingerprint density at radius 1 is 0.923 bits per heavy atom. The van der Waals surface area contributed by atoms with Crippen LogP contribution in [-0.4, -0.2) is 15.5 Å². The molecule has 1 heterocycles. The van der Waals surface area contributed by atoms with E-state index < -0.39 is 0 Å². The summed E-state index contributed by atoms with van der Waals surface area (Å²) < 4.78 is 0. The molecule has 26 heavy (non-hydrogen) atoms. The topological polar surface area (TPSA) is 49.8 Å². The van der Waals surface area contributed by atoms with E-state index in [-0.39, 0.29) is 5.54 Å². The Labute approximate surface area is 159 Å². The Morgan fingerprint density at radius 2 is 1.62 bits per heavy atom. The van der Waals surface area contributed by atoms with Crippen molar-refractivity contribution in [3.8, 4) is 11.3 Å². The van der Waals surface area contributed by atoms with Gasteiger partial charge in [0.2, 0.25) is 5.95 Å². The van der Waals surface area contributed by atoms with E-state index >= 15 is 0 Å². The first-order valence-electron chi connectivity index (χ1n) is 8.61. The molecule has 0 unspecified atom stereocenters. The maximum atomic E-state index is 6.25. The second-order valence-corrected chi connectivity index (χ2v) is 7.56. The van der Waals surface area contributed by atoms with E-state index in [1.165, 1.54) is 0 Å². The molecule has 0 saturated carbocycles. The number of nitrogens with one attached hydrogen (secondary N) is 2. The molecular weight excluding hydrogens is 344 g/mol. The molecular formula is C21H23ClN4. The van der Waals surface area contributed by atoms with Crippen LogP contribution >= 0.6 is 11.6 Å². The molecule has 2 aromatic carbocycles. The van der Waals surface area contributed by atoms with Crippen LogP contribution in [-0.2, 0) is 6.54 Å². The van der Waals surface area contributed by atoms with Crippen LogP contribution in [0.15, 0.2) is 60.7 Å². The normalized spacial score (nSPS) is 11.2. The van der Waals surface area contributed by atoms with Crippen molar-refractivity contribution in [1.82, 2.24) is 9.97 Å². The average Bonchev–Trinajstić information content (AvgIpc) is 2.60. The zero-order valence-corrected chi connectivity index (χ0v) is 16.0. The summed E-state index contributed by atoms with van der Waals surface area (Å²) in [6, 6.07) is 19.8. The van der Waals surface area contributed by atoms with Crippen LogP contribution in [0.25, 0.3) is 11.3 Å². The van der Waals surface area contributed by atoms with Crippen LogP contribution in [0.1, 0.15) is 26.3 Å². The first-order valence-corrected chi connectivity index (χ1v) is 8.98. The molecule has 0 radical (unpaired) electrons. The van der Waals surface area contributed by atoms with Crippen molar-refractivity contribution in [2.45, 2.75) is 32.9 Å². The molecule has 3 rings (SSSR count). The Balaban J connectivity index is 1.90. The van der Waals surface area contributed by atoms with E-state index in [0.717, 1.165) is 27.7 Å². The van der Waals surface area contributed by atoms with Gasteiger partial charge in [-0.2, -0.15) is 4.98 Å². The molecule has 4 nitrogen and oxygen atoms in total. The van der Waals surface area contributed by atoms with Crippen molar-refractivity contribution in [2.75, 3.05) is 10.6 Å². The van der Waals surface area contributed by atoms with Gasteiger partial charge in [-0.25, -0.2) is 4.98 Å². The van der Waals surface area contributed by atoms with E-state index in [1.807, 2.05) is 60.7 Å². The highest BCUT2D eigenvalue weighted by Gasteiger charge is 2.14. The minimum atomic E-state index is -0.130. The van der Waals surface area contributed by atoms with Gasteiger partial charge in [-0.15, -0.1) is 0 Å². The zero-order chi connectivity index (χ0) is 18.6. The second-order valence-electron chi connectivity index (χ2n) is 7.15. The Bertz CT molecular complexity index is 873. The summed E-state index contributed by atoms with van der Waals surface area (Å²) >= 11 is 6.25. The van der Waals surface area contributed by atoms with Crippen molar-refractivity contribution in [2.24, 2.45) is 0 Å². The van der Waals surface area contributed by atoms with Gasteiger partial charge < -0.3 is 10.6 Å². The van der Waals surface area contributed by atoms with E-state index in [2.05, 4.69) is 41.4 Å². The van der Waals surface area contributed by atoms with Crippen LogP contribution < -0.4 is 10.6 Å². The zero-order valence-electron chi connectivity index (χ0n) is 15.3. The molecule has 0 spiro atoms. The van der Waals surface area contributed by atoms with Gasteiger partial charge in [0.1, 0.15) is 5.82 Å². The first-order chi connectivity index (χ1) is 12.4. The SMILES string of the molecule is CC(C)(C)Nc1nc(NCc2ccccc2Cl)cc(-c2ccccc2)n1. The molecule has 0 saturated heterocycles. The first kappa shape index (κ1) is 18.2. The fraction of sp³-hybridized carbons (Fsp3) is 0.238. The number of halogens is 1.